The maximum Gasteiger partial charge on any atom is 0.323 e. The molecule has 0 aromatic heterocycles. The first kappa shape index (κ1) is 17.1. The smallest absolute Gasteiger partial charge is 0.323 e. The van der Waals surface area contributed by atoms with Crippen LogP contribution >= 0.6 is 11.6 Å². The molecule has 2 aromatic rings. The predicted octanol–water partition coefficient (Wildman–Crippen LogP) is 4.12. The van der Waals surface area contributed by atoms with Gasteiger partial charge in [-0.2, -0.15) is 0 Å². The Kier molecular flexibility index (Phi) is 5.09. The molecule has 1 saturated heterocycles. The van der Waals surface area contributed by atoms with E-state index in [1.165, 1.54) is 7.11 Å². The first-order valence-electron chi connectivity index (χ1n) is 7.89. The Labute approximate surface area is 150 Å². The van der Waals surface area contributed by atoms with Crippen LogP contribution < -0.4 is 20.3 Å². The number of carbonyl (C=O) groups is 2. The fraction of sp³-hybridized carbons (Fsp3) is 0.222. The largest absolute Gasteiger partial charge is 0.495 e. The first-order valence-corrected chi connectivity index (χ1v) is 8.26. The molecule has 6 nitrogen and oxygen atoms in total. The normalized spacial score (nSPS) is 13.7. The number of nitrogens with zero attached hydrogens (tertiary/aromatic N) is 1. The Morgan fingerprint density at radius 3 is 2.56 bits per heavy atom. The van der Waals surface area contributed by atoms with Gasteiger partial charge in [0.25, 0.3) is 0 Å². The van der Waals surface area contributed by atoms with Gasteiger partial charge in [-0.3, -0.25) is 4.79 Å². The molecule has 2 N–H and O–H groups in total. The lowest BCUT2D eigenvalue weighted by Gasteiger charge is -2.16. The Balaban J connectivity index is 1.65. The van der Waals surface area contributed by atoms with Crippen molar-refractivity contribution in [2.75, 3.05) is 29.2 Å². The lowest BCUT2D eigenvalue weighted by Crippen LogP contribution is -2.23. The van der Waals surface area contributed by atoms with Gasteiger partial charge in [0.15, 0.2) is 0 Å². The molecule has 0 radical (unpaired) electrons. The molecule has 3 rings (SSSR count). The van der Waals surface area contributed by atoms with E-state index < -0.39 is 6.03 Å². The number of halogens is 1. The lowest BCUT2D eigenvalue weighted by molar-refractivity contribution is -0.117. The Morgan fingerprint density at radius 1 is 1.16 bits per heavy atom. The minimum atomic E-state index is -0.412. The molecule has 25 heavy (non-hydrogen) atoms. The fourth-order valence-corrected chi connectivity index (χ4v) is 2.88. The van der Waals surface area contributed by atoms with Crippen LogP contribution in [0.1, 0.15) is 12.8 Å². The summed E-state index contributed by atoms with van der Waals surface area (Å²) in [6.07, 6.45) is 1.46. The van der Waals surface area contributed by atoms with Crippen molar-refractivity contribution >= 4 is 40.6 Å². The van der Waals surface area contributed by atoms with Crippen LogP contribution in [0.25, 0.3) is 0 Å². The second-order valence-corrected chi connectivity index (χ2v) is 6.06. The highest BCUT2D eigenvalue weighted by Gasteiger charge is 2.21. The number of rotatable bonds is 4. The molecule has 0 bridgehead atoms. The van der Waals surface area contributed by atoms with E-state index in [9.17, 15) is 9.59 Å². The van der Waals surface area contributed by atoms with Gasteiger partial charge in [0.05, 0.1) is 12.8 Å². The van der Waals surface area contributed by atoms with Gasteiger partial charge < -0.3 is 20.3 Å². The molecule has 2 aromatic carbocycles. The van der Waals surface area contributed by atoms with Crippen molar-refractivity contribution in [3.8, 4) is 5.75 Å². The molecule has 0 spiro atoms. The van der Waals surface area contributed by atoms with Crippen molar-refractivity contribution < 1.29 is 14.3 Å². The minimum absolute atomic E-state index is 0.131. The molecule has 0 saturated carbocycles. The summed E-state index contributed by atoms with van der Waals surface area (Å²) in [4.78, 5) is 25.7. The molecule has 1 aliphatic rings. The zero-order chi connectivity index (χ0) is 17.8. The highest BCUT2D eigenvalue weighted by molar-refractivity contribution is 6.31. The van der Waals surface area contributed by atoms with E-state index >= 15 is 0 Å². The number of nitrogens with one attached hydrogen (secondary N) is 2. The molecule has 7 heteroatoms. The molecule has 0 unspecified atom stereocenters. The monoisotopic (exact) mass is 359 g/mol. The number of anilines is 3. The number of benzene rings is 2. The molecule has 130 valence electrons. The van der Waals surface area contributed by atoms with Crippen LogP contribution in [0.3, 0.4) is 0 Å². The second kappa shape index (κ2) is 7.44. The van der Waals surface area contributed by atoms with Crippen LogP contribution in [-0.4, -0.2) is 25.6 Å². The van der Waals surface area contributed by atoms with E-state index in [4.69, 9.17) is 16.3 Å². The van der Waals surface area contributed by atoms with Crippen LogP contribution in [-0.2, 0) is 4.79 Å². The Bertz CT molecular complexity index is 793. The summed E-state index contributed by atoms with van der Waals surface area (Å²) in [6.45, 7) is 0.737. The Morgan fingerprint density at radius 2 is 1.92 bits per heavy atom. The zero-order valence-electron chi connectivity index (χ0n) is 13.7. The molecule has 3 amide bonds. The number of carbonyl (C=O) groups excluding carboxylic acids is 2. The summed E-state index contributed by atoms with van der Waals surface area (Å²) in [5, 5.41) is 5.94. The van der Waals surface area contributed by atoms with Crippen LogP contribution in [0.4, 0.5) is 21.9 Å². The Hall–Kier alpha value is -2.73. The third kappa shape index (κ3) is 4.03. The topological polar surface area (TPSA) is 70.7 Å². The van der Waals surface area contributed by atoms with Crippen LogP contribution in [0, 0.1) is 0 Å². The molecular weight excluding hydrogens is 342 g/mol. The van der Waals surface area contributed by atoms with Crippen molar-refractivity contribution in [3.05, 3.63) is 47.5 Å². The van der Waals surface area contributed by atoms with Crippen LogP contribution in [0.15, 0.2) is 42.5 Å². The van der Waals surface area contributed by atoms with E-state index in [2.05, 4.69) is 10.6 Å². The summed E-state index contributed by atoms with van der Waals surface area (Å²) >= 11 is 5.95. The number of methoxy groups -OCH3 is 1. The van der Waals surface area contributed by atoms with Gasteiger partial charge in [-0.05, 0) is 48.9 Å². The van der Waals surface area contributed by atoms with E-state index in [0.29, 0.717) is 28.6 Å². The van der Waals surface area contributed by atoms with Gasteiger partial charge in [-0.15, -0.1) is 0 Å². The molecule has 0 atom stereocenters. The lowest BCUT2D eigenvalue weighted by atomic mass is 10.2. The zero-order valence-corrected chi connectivity index (χ0v) is 14.5. The second-order valence-electron chi connectivity index (χ2n) is 5.62. The van der Waals surface area contributed by atoms with E-state index in [-0.39, 0.29) is 5.91 Å². The van der Waals surface area contributed by atoms with Crippen molar-refractivity contribution in [3.63, 3.8) is 0 Å². The predicted molar refractivity (Wildman–Crippen MR) is 98.7 cm³/mol. The standard InChI is InChI=1S/C18H18ClN3O3/c1-25-16-9-4-12(19)11-15(16)21-18(24)20-13-5-7-14(8-6-13)22-10-2-3-17(22)23/h4-9,11H,2-3,10H2,1H3,(H2,20,21,24). The molecule has 1 fully saturated rings. The molecule has 0 aliphatic carbocycles. The van der Waals surface area contributed by atoms with Gasteiger partial charge in [0.2, 0.25) is 5.91 Å². The number of hydrogen-bond donors (Lipinski definition) is 2. The van der Waals surface area contributed by atoms with Gasteiger partial charge in [-0.25, -0.2) is 4.79 Å². The summed E-state index contributed by atoms with van der Waals surface area (Å²) in [6, 6.07) is 11.7. The maximum absolute atomic E-state index is 12.2. The summed E-state index contributed by atoms with van der Waals surface area (Å²) in [5.74, 6) is 0.647. The molecule has 1 heterocycles. The maximum atomic E-state index is 12.2. The van der Waals surface area contributed by atoms with Gasteiger partial charge >= 0.3 is 6.03 Å². The summed E-state index contributed by atoms with van der Waals surface area (Å²) in [7, 11) is 1.52. The van der Waals surface area contributed by atoms with Crippen molar-refractivity contribution in [2.45, 2.75) is 12.8 Å². The van der Waals surface area contributed by atoms with E-state index in [1.807, 2.05) is 12.1 Å². The third-order valence-corrected chi connectivity index (χ3v) is 4.16. The van der Waals surface area contributed by atoms with Gasteiger partial charge in [0.1, 0.15) is 5.75 Å². The highest BCUT2D eigenvalue weighted by Crippen LogP contribution is 2.28. The average Bonchev–Trinajstić information content (AvgIpc) is 3.02. The van der Waals surface area contributed by atoms with Crippen molar-refractivity contribution in [1.82, 2.24) is 0 Å². The minimum Gasteiger partial charge on any atom is -0.495 e. The van der Waals surface area contributed by atoms with Crippen LogP contribution in [0.2, 0.25) is 5.02 Å². The fourth-order valence-electron chi connectivity index (χ4n) is 2.71. The summed E-state index contributed by atoms with van der Waals surface area (Å²) in [5.41, 5.74) is 1.94. The number of urea groups is 1. The highest BCUT2D eigenvalue weighted by atomic mass is 35.5. The SMILES string of the molecule is COc1ccc(Cl)cc1NC(=O)Nc1ccc(N2CCCC2=O)cc1. The molecule has 1 aliphatic heterocycles. The van der Waals surface area contributed by atoms with E-state index in [1.54, 1.807) is 35.2 Å². The number of ether oxygens (including phenoxy) is 1. The quantitative estimate of drug-likeness (QED) is 0.862. The van der Waals surface area contributed by atoms with Crippen LogP contribution in [0.5, 0.6) is 5.75 Å². The average molecular weight is 360 g/mol. The van der Waals surface area contributed by atoms with Crippen molar-refractivity contribution in [2.24, 2.45) is 0 Å². The van der Waals surface area contributed by atoms with E-state index in [0.717, 1.165) is 18.7 Å². The third-order valence-electron chi connectivity index (χ3n) is 3.92. The van der Waals surface area contributed by atoms with Gasteiger partial charge in [-0.1, -0.05) is 11.6 Å². The van der Waals surface area contributed by atoms with Crippen molar-refractivity contribution in [1.29, 1.82) is 0 Å². The first-order chi connectivity index (χ1) is 12.1. The molecular formula is C18H18ClN3O3. The number of hydrogen-bond acceptors (Lipinski definition) is 3. The summed E-state index contributed by atoms with van der Waals surface area (Å²) < 4.78 is 5.20. The van der Waals surface area contributed by atoms with Gasteiger partial charge in [0, 0.05) is 29.4 Å². The number of amides is 3.